The topological polar surface area (TPSA) is 76.3 Å². The summed E-state index contributed by atoms with van der Waals surface area (Å²) in [6.45, 7) is 0. The van der Waals surface area contributed by atoms with Crippen LogP contribution in [0.5, 0.6) is 0 Å². The predicted octanol–water partition coefficient (Wildman–Crippen LogP) is 13.4. The van der Waals surface area contributed by atoms with Gasteiger partial charge < -0.3 is 4.57 Å². The highest BCUT2D eigenvalue weighted by Gasteiger charge is 2.19. The monoisotopic (exact) mass is 722 g/mol. The van der Waals surface area contributed by atoms with Gasteiger partial charge in [0, 0.05) is 10.8 Å². The molecule has 0 unspecified atom stereocenters. The molecule has 0 N–H and O–H groups in total. The van der Waals surface area contributed by atoms with Crippen LogP contribution in [0.1, 0.15) is 16.7 Å². The standard InChI is InChI=1S/C53H30N4/c54-31-34-17-24-50-47(27-34)48-28-35(32-55)18-25-51(48)57(50)49-26-23-41(30-42(49)33-56)40-12-8-11-39(29-40)36-19-21-38(22-20-36)53-45-15-6-4-13-43(45)52(37-9-2-1-3-10-37)44-14-5-7-16-46(44)53/h1-30H. The second-order valence-corrected chi connectivity index (χ2v) is 14.2. The van der Waals surface area contributed by atoms with Gasteiger partial charge in [-0.25, -0.2) is 0 Å². The van der Waals surface area contributed by atoms with E-state index in [0.717, 1.165) is 55.3 Å². The lowest BCUT2D eigenvalue weighted by molar-refractivity contribution is 1.17. The van der Waals surface area contributed by atoms with Crippen LogP contribution in [-0.2, 0) is 0 Å². The van der Waals surface area contributed by atoms with Crippen molar-refractivity contribution in [2.24, 2.45) is 0 Å². The Labute approximate surface area is 329 Å². The van der Waals surface area contributed by atoms with Crippen LogP contribution in [-0.4, -0.2) is 4.57 Å². The Morgan fingerprint density at radius 2 is 0.754 bits per heavy atom. The molecule has 0 saturated heterocycles. The Morgan fingerprint density at radius 1 is 0.316 bits per heavy atom. The normalized spacial score (nSPS) is 11.1. The summed E-state index contributed by atoms with van der Waals surface area (Å²) < 4.78 is 2.05. The molecule has 0 amide bonds. The highest BCUT2D eigenvalue weighted by Crippen LogP contribution is 2.44. The van der Waals surface area contributed by atoms with Gasteiger partial charge in [0.05, 0.1) is 45.5 Å². The SMILES string of the molecule is N#Cc1ccc2c(c1)c1cc(C#N)ccc1n2-c1ccc(-c2cccc(-c3ccc(-c4c5ccccc5c(-c5ccccc5)c5ccccc45)cc3)c2)cc1C#N. The first-order chi connectivity index (χ1) is 28.1. The third-order valence-electron chi connectivity index (χ3n) is 11.1. The smallest absolute Gasteiger partial charge is 0.101 e. The van der Waals surface area contributed by atoms with Crippen LogP contribution in [0.25, 0.3) is 93.5 Å². The minimum atomic E-state index is 0.521. The third-order valence-corrected chi connectivity index (χ3v) is 11.1. The van der Waals surface area contributed by atoms with Gasteiger partial charge in [0.15, 0.2) is 0 Å². The van der Waals surface area contributed by atoms with Crippen molar-refractivity contribution in [1.82, 2.24) is 4.57 Å². The van der Waals surface area contributed by atoms with Gasteiger partial charge in [0.2, 0.25) is 0 Å². The zero-order valence-electron chi connectivity index (χ0n) is 30.6. The van der Waals surface area contributed by atoms with Crippen molar-refractivity contribution < 1.29 is 0 Å². The molecule has 0 saturated carbocycles. The highest BCUT2D eigenvalue weighted by atomic mass is 15.0. The van der Waals surface area contributed by atoms with E-state index in [1.165, 1.54) is 38.2 Å². The number of aromatic nitrogens is 1. The lowest BCUT2D eigenvalue weighted by Crippen LogP contribution is -1.98. The van der Waals surface area contributed by atoms with E-state index in [4.69, 9.17) is 0 Å². The molecule has 4 nitrogen and oxygen atoms in total. The van der Waals surface area contributed by atoms with E-state index in [0.29, 0.717) is 16.7 Å². The summed E-state index contributed by atoms with van der Waals surface area (Å²) >= 11 is 0. The zero-order valence-corrected chi connectivity index (χ0v) is 30.6. The molecule has 57 heavy (non-hydrogen) atoms. The molecule has 0 aliphatic carbocycles. The highest BCUT2D eigenvalue weighted by molar-refractivity contribution is 6.21. The van der Waals surface area contributed by atoms with Gasteiger partial charge in [-0.1, -0.05) is 127 Å². The van der Waals surface area contributed by atoms with Crippen LogP contribution in [0.15, 0.2) is 182 Å². The van der Waals surface area contributed by atoms with E-state index in [-0.39, 0.29) is 0 Å². The summed E-state index contributed by atoms with van der Waals surface area (Å²) in [5, 5.41) is 36.4. The molecule has 0 bridgehead atoms. The molecular weight excluding hydrogens is 693 g/mol. The number of fused-ring (bicyclic) bond motifs is 5. The lowest BCUT2D eigenvalue weighted by atomic mass is 9.85. The van der Waals surface area contributed by atoms with E-state index < -0.39 is 0 Å². The predicted molar refractivity (Wildman–Crippen MR) is 232 cm³/mol. The third kappa shape index (κ3) is 5.51. The van der Waals surface area contributed by atoms with Gasteiger partial charge in [-0.05, 0) is 121 Å². The summed E-state index contributed by atoms with van der Waals surface area (Å²) in [6, 6.07) is 69.4. The van der Waals surface area contributed by atoms with E-state index in [1.807, 2.05) is 36.4 Å². The Kier molecular flexibility index (Phi) is 7.94. The second kappa shape index (κ2) is 13.6. The summed E-state index contributed by atoms with van der Waals surface area (Å²) in [6.07, 6.45) is 0. The first-order valence-corrected chi connectivity index (χ1v) is 18.8. The first kappa shape index (κ1) is 33.3. The maximum absolute atomic E-state index is 10.5. The Bertz CT molecular complexity index is 3240. The van der Waals surface area contributed by atoms with Crippen LogP contribution in [0, 0.1) is 34.0 Å². The van der Waals surface area contributed by atoms with E-state index in [1.54, 1.807) is 12.1 Å². The van der Waals surface area contributed by atoms with Gasteiger partial charge in [-0.2, -0.15) is 15.8 Å². The fourth-order valence-corrected chi connectivity index (χ4v) is 8.48. The molecule has 0 fully saturated rings. The molecule has 262 valence electrons. The molecular formula is C53H30N4. The number of nitrogens with zero attached hydrogens (tertiary/aromatic N) is 4. The Balaban J connectivity index is 1.04. The fourth-order valence-electron chi connectivity index (χ4n) is 8.48. The maximum Gasteiger partial charge on any atom is 0.101 e. The van der Waals surface area contributed by atoms with Crippen molar-refractivity contribution in [3.05, 3.63) is 199 Å². The molecule has 0 aliphatic rings. The van der Waals surface area contributed by atoms with Crippen LogP contribution in [0.2, 0.25) is 0 Å². The van der Waals surface area contributed by atoms with Crippen molar-refractivity contribution >= 4 is 43.4 Å². The van der Waals surface area contributed by atoms with Crippen LogP contribution >= 0.6 is 0 Å². The van der Waals surface area contributed by atoms with E-state index in [2.05, 4.69) is 156 Å². The molecule has 0 spiro atoms. The molecule has 0 aliphatic heterocycles. The van der Waals surface area contributed by atoms with E-state index >= 15 is 0 Å². The van der Waals surface area contributed by atoms with Crippen molar-refractivity contribution in [3.63, 3.8) is 0 Å². The molecule has 9 aromatic carbocycles. The summed E-state index contributed by atoms with van der Waals surface area (Å²) in [5.74, 6) is 0. The van der Waals surface area contributed by atoms with Crippen LogP contribution in [0.3, 0.4) is 0 Å². The molecule has 0 radical (unpaired) electrons. The van der Waals surface area contributed by atoms with Gasteiger partial charge in [-0.15, -0.1) is 0 Å². The number of nitriles is 3. The van der Waals surface area contributed by atoms with Crippen LogP contribution < -0.4 is 0 Å². The molecule has 4 heteroatoms. The Hall–Kier alpha value is -8.23. The van der Waals surface area contributed by atoms with Gasteiger partial charge >= 0.3 is 0 Å². The number of hydrogen-bond donors (Lipinski definition) is 0. The van der Waals surface area contributed by atoms with Crippen molar-refractivity contribution in [1.29, 1.82) is 15.8 Å². The minimum absolute atomic E-state index is 0.521. The number of hydrogen-bond acceptors (Lipinski definition) is 3. The number of rotatable bonds is 5. The average molecular weight is 723 g/mol. The Morgan fingerprint density at radius 3 is 1.28 bits per heavy atom. The minimum Gasteiger partial charge on any atom is -0.308 e. The van der Waals surface area contributed by atoms with Crippen molar-refractivity contribution in [3.8, 4) is 68.4 Å². The molecule has 1 aromatic heterocycles. The first-order valence-electron chi connectivity index (χ1n) is 18.8. The van der Waals surface area contributed by atoms with Gasteiger partial charge in [0.1, 0.15) is 6.07 Å². The summed E-state index contributed by atoms with van der Waals surface area (Å²) in [4.78, 5) is 0. The average Bonchev–Trinajstić information content (AvgIpc) is 3.60. The van der Waals surface area contributed by atoms with Crippen molar-refractivity contribution in [2.75, 3.05) is 0 Å². The zero-order chi connectivity index (χ0) is 38.5. The quantitative estimate of drug-likeness (QED) is 0.166. The molecule has 0 atom stereocenters. The number of benzene rings is 9. The van der Waals surface area contributed by atoms with Gasteiger partial charge in [0.25, 0.3) is 0 Å². The lowest BCUT2D eigenvalue weighted by Gasteiger charge is -2.18. The van der Waals surface area contributed by atoms with Crippen molar-refractivity contribution in [2.45, 2.75) is 0 Å². The van der Waals surface area contributed by atoms with Gasteiger partial charge in [-0.3, -0.25) is 0 Å². The largest absolute Gasteiger partial charge is 0.308 e. The summed E-state index contributed by atoms with van der Waals surface area (Å²) in [7, 11) is 0. The fraction of sp³-hybridized carbons (Fsp3) is 0. The van der Waals surface area contributed by atoms with E-state index in [9.17, 15) is 15.8 Å². The molecule has 10 rings (SSSR count). The second-order valence-electron chi connectivity index (χ2n) is 14.2. The summed E-state index contributed by atoms with van der Waals surface area (Å²) in [5.41, 5.74) is 13.0. The van der Waals surface area contributed by atoms with Crippen LogP contribution in [0.4, 0.5) is 0 Å². The molecule has 10 aromatic rings. The maximum atomic E-state index is 10.5. The molecule has 1 heterocycles.